The van der Waals surface area contributed by atoms with Gasteiger partial charge in [0.2, 0.25) is 0 Å². The number of hydrogen-bond acceptors (Lipinski definition) is 5. The maximum Gasteiger partial charge on any atom is 0.254 e. The second-order valence-corrected chi connectivity index (χ2v) is 9.35. The number of aryl methyl sites for hydroxylation is 3. The third-order valence-corrected chi connectivity index (χ3v) is 7.04. The molecule has 1 fully saturated rings. The zero-order valence-corrected chi connectivity index (χ0v) is 19.5. The molecule has 0 atom stereocenters. The second kappa shape index (κ2) is 8.18. The highest BCUT2D eigenvalue weighted by molar-refractivity contribution is 5.62. The van der Waals surface area contributed by atoms with Gasteiger partial charge in [-0.25, -0.2) is 4.98 Å². The SMILES string of the molecule is Cc1ccc(N2CCN(c3c4c(nc5nc(-c6ccccc6)nn35)CCCC4)CC2)c(C)c1. The topological polar surface area (TPSA) is 49.6 Å². The molecule has 0 bridgehead atoms. The molecular weight excluding hydrogens is 408 g/mol. The van der Waals surface area contributed by atoms with Crippen molar-refractivity contribution in [1.82, 2.24) is 19.6 Å². The van der Waals surface area contributed by atoms with Crippen LogP contribution in [0.15, 0.2) is 48.5 Å². The van der Waals surface area contributed by atoms with Crippen LogP contribution in [-0.4, -0.2) is 45.8 Å². The van der Waals surface area contributed by atoms with Crippen molar-refractivity contribution in [2.24, 2.45) is 0 Å². The minimum Gasteiger partial charge on any atom is -0.368 e. The van der Waals surface area contributed by atoms with Gasteiger partial charge in [0, 0.05) is 43.0 Å². The molecule has 6 rings (SSSR count). The zero-order chi connectivity index (χ0) is 22.4. The van der Waals surface area contributed by atoms with Crippen molar-refractivity contribution in [3.05, 3.63) is 70.9 Å². The maximum absolute atomic E-state index is 4.96. The van der Waals surface area contributed by atoms with Gasteiger partial charge in [-0.2, -0.15) is 9.50 Å². The highest BCUT2D eigenvalue weighted by Gasteiger charge is 2.27. The van der Waals surface area contributed by atoms with E-state index in [2.05, 4.69) is 54.0 Å². The first kappa shape index (κ1) is 20.2. The largest absolute Gasteiger partial charge is 0.368 e. The quantitative estimate of drug-likeness (QED) is 0.467. The van der Waals surface area contributed by atoms with Crippen LogP contribution in [0.1, 0.15) is 35.2 Å². The molecule has 1 aliphatic heterocycles. The van der Waals surface area contributed by atoms with E-state index in [9.17, 15) is 0 Å². The molecule has 1 saturated heterocycles. The molecule has 0 radical (unpaired) electrons. The summed E-state index contributed by atoms with van der Waals surface area (Å²) in [7, 11) is 0. The zero-order valence-electron chi connectivity index (χ0n) is 19.5. The summed E-state index contributed by atoms with van der Waals surface area (Å²) in [6.07, 6.45) is 4.53. The summed E-state index contributed by atoms with van der Waals surface area (Å²) < 4.78 is 2.01. The van der Waals surface area contributed by atoms with Crippen molar-refractivity contribution in [1.29, 1.82) is 0 Å². The fourth-order valence-electron chi connectivity index (χ4n) is 5.37. The van der Waals surface area contributed by atoms with Crippen LogP contribution >= 0.6 is 0 Å². The molecule has 0 spiro atoms. The van der Waals surface area contributed by atoms with E-state index >= 15 is 0 Å². The van der Waals surface area contributed by atoms with E-state index in [1.807, 2.05) is 22.7 Å². The van der Waals surface area contributed by atoms with Gasteiger partial charge in [0.1, 0.15) is 5.82 Å². The molecule has 6 nitrogen and oxygen atoms in total. The number of anilines is 2. The summed E-state index contributed by atoms with van der Waals surface area (Å²) in [6.45, 7) is 8.33. The Morgan fingerprint density at radius 3 is 2.33 bits per heavy atom. The fourth-order valence-corrected chi connectivity index (χ4v) is 5.37. The van der Waals surface area contributed by atoms with Crippen LogP contribution in [-0.2, 0) is 12.8 Å². The van der Waals surface area contributed by atoms with Gasteiger partial charge in [0.25, 0.3) is 5.78 Å². The summed E-state index contributed by atoms with van der Waals surface area (Å²) in [5.74, 6) is 2.69. The van der Waals surface area contributed by atoms with Gasteiger partial charge in [-0.1, -0.05) is 48.0 Å². The lowest BCUT2D eigenvalue weighted by Crippen LogP contribution is -2.48. The molecule has 0 amide bonds. The fraction of sp³-hybridized carbons (Fsp3) is 0.370. The molecular formula is C27H30N6. The first-order chi connectivity index (χ1) is 16.2. The number of aromatic nitrogens is 4. The number of nitrogens with zero attached hydrogens (tertiary/aromatic N) is 6. The van der Waals surface area contributed by atoms with Crippen LogP contribution in [0, 0.1) is 13.8 Å². The average Bonchev–Trinajstić information content (AvgIpc) is 3.27. The number of hydrogen-bond donors (Lipinski definition) is 0. The Labute approximate surface area is 194 Å². The van der Waals surface area contributed by atoms with Gasteiger partial charge in [0.15, 0.2) is 5.82 Å². The number of benzene rings is 2. The molecule has 1 aliphatic carbocycles. The van der Waals surface area contributed by atoms with Gasteiger partial charge in [-0.05, 0) is 51.2 Å². The summed E-state index contributed by atoms with van der Waals surface area (Å²) in [5, 5.41) is 4.96. The van der Waals surface area contributed by atoms with Crippen LogP contribution in [0.3, 0.4) is 0 Å². The number of piperazine rings is 1. The monoisotopic (exact) mass is 438 g/mol. The summed E-state index contributed by atoms with van der Waals surface area (Å²) in [6, 6.07) is 17.0. The van der Waals surface area contributed by atoms with Crippen molar-refractivity contribution in [3.8, 4) is 11.4 Å². The van der Waals surface area contributed by atoms with Crippen LogP contribution in [0.2, 0.25) is 0 Å². The molecule has 2 aliphatic rings. The standard InChI is InChI=1S/C27H30N6/c1-19-12-13-24(20(2)18-19)31-14-16-32(17-15-31)26-22-10-6-7-11-23(22)28-27-29-25(30-33(26)27)21-8-4-3-5-9-21/h3-5,8-9,12-13,18H,6-7,10-11,14-17H2,1-2H3. The lowest BCUT2D eigenvalue weighted by Gasteiger charge is -2.39. The molecule has 0 unspecified atom stereocenters. The van der Waals surface area contributed by atoms with Crippen molar-refractivity contribution in [2.75, 3.05) is 36.0 Å². The second-order valence-electron chi connectivity index (χ2n) is 9.35. The van der Waals surface area contributed by atoms with Crippen LogP contribution < -0.4 is 9.80 Å². The Morgan fingerprint density at radius 2 is 1.55 bits per heavy atom. The molecule has 2 aromatic carbocycles. The first-order valence-electron chi connectivity index (χ1n) is 12.1. The molecule has 2 aromatic heterocycles. The minimum absolute atomic E-state index is 0.723. The van der Waals surface area contributed by atoms with Gasteiger partial charge < -0.3 is 9.80 Å². The lowest BCUT2D eigenvalue weighted by molar-refractivity contribution is 0.614. The average molecular weight is 439 g/mol. The summed E-state index contributed by atoms with van der Waals surface area (Å²) in [5.41, 5.74) is 7.66. The molecule has 3 heterocycles. The highest BCUT2D eigenvalue weighted by atomic mass is 15.4. The van der Waals surface area contributed by atoms with Crippen molar-refractivity contribution in [3.63, 3.8) is 0 Å². The lowest BCUT2D eigenvalue weighted by atomic mass is 9.96. The normalized spacial score (nSPS) is 16.3. The molecule has 0 N–H and O–H groups in total. The van der Waals surface area contributed by atoms with Gasteiger partial charge in [0.05, 0.1) is 5.69 Å². The maximum atomic E-state index is 4.96. The van der Waals surface area contributed by atoms with Gasteiger partial charge >= 0.3 is 0 Å². The molecule has 6 heteroatoms. The van der Waals surface area contributed by atoms with E-state index in [4.69, 9.17) is 15.1 Å². The Hall–Kier alpha value is -3.41. The van der Waals surface area contributed by atoms with Crippen molar-refractivity contribution >= 4 is 17.3 Å². The van der Waals surface area contributed by atoms with Crippen LogP contribution in [0.25, 0.3) is 17.2 Å². The smallest absolute Gasteiger partial charge is 0.254 e. The van der Waals surface area contributed by atoms with Gasteiger partial charge in [-0.15, -0.1) is 5.10 Å². The minimum atomic E-state index is 0.723. The third kappa shape index (κ3) is 3.63. The summed E-state index contributed by atoms with van der Waals surface area (Å²) in [4.78, 5) is 14.8. The van der Waals surface area contributed by atoms with E-state index in [0.29, 0.717) is 0 Å². The van der Waals surface area contributed by atoms with Crippen LogP contribution in [0.5, 0.6) is 0 Å². The first-order valence-corrected chi connectivity index (χ1v) is 12.1. The predicted octanol–water partition coefficient (Wildman–Crippen LogP) is 4.61. The number of fused-ring (bicyclic) bond motifs is 2. The van der Waals surface area contributed by atoms with Crippen molar-refractivity contribution < 1.29 is 0 Å². The van der Waals surface area contributed by atoms with E-state index in [0.717, 1.165) is 56.2 Å². The Morgan fingerprint density at radius 1 is 0.788 bits per heavy atom. The van der Waals surface area contributed by atoms with E-state index in [1.165, 1.54) is 46.7 Å². The Kier molecular flexibility index (Phi) is 5.01. The molecule has 4 aromatic rings. The Bertz CT molecular complexity index is 1300. The van der Waals surface area contributed by atoms with Crippen LogP contribution in [0.4, 0.5) is 11.5 Å². The highest BCUT2D eigenvalue weighted by Crippen LogP contribution is 2.32. The van der Waals surface area contributed by atoms with Gasteiger partial charge in [-0.3, -0.25) is 0 Å². The molecule has 33 heavy (non-hydrogen) atoms. The third-order valence-electron chi connectivity index (χ3n) is 7.04. The summed E-state index contributed by atoms with van der Waals surface area (Å²) >= 11 is 0. The van der Waals surface area contributed by atoms with E-state index < -0.39 is 0 Å². The predicted molar refractivity (Wildman–Crippen MR) is 133 cm³/mol. The van der Waals surface area contributed by atoms with Crippen molar-refractivity contribution in [2.45, 2.75) is 39.5 Å². The number of rotatable bonds is 3. The molecule has 168 valence electrons. The molecule has 0 saturated carbocycles. The van der Waals surface area contributed by atoms with E-state index in [1.54, 1.807) is 0 Å². The Balaban J connectivity index is 1.37. The van der Waals surface area contributed by atoms with E-state index in [-0.39, 0.29) is 0 Å².